The Balaban J connectivity index is 0.00000242. The molecule has 0 aliphatic rings. The second kappa shape index (κ2) is 6.94. The molecule has 0 atom stereocenters. The van der Waals surface area contributed by atoms with E-state index in [9.17, 15) is 0 Å². The number of rotatable bonds is 2. The quantitative estimate of drug-likeness (QED) is 0.749. The minimum Gasteiger partial charge on any atom is -0.657 e. The van der Waals surface area contributed by atoms with E-state index in [0.717, 1.165) is 11.4 Å². The number of hydrogen-bond donors (Lipinski definition) is 0. The van der Waals surface area contributed by atoms with Gasteiger partial charge in [-0.05, 0) is 10.8 Å². The van der Waals surface area contributed by atoms with Crippen molar-refractivity contribution in [1.82, 2.24) is 0 Å². The zero-order valence-electron chi connectivity index (χ0n) is 15.1. The second-order valence-electron chi connectivity index (χ2n) is 7.65. The molecular formula is C20H26LiN. The van der Waals surface area contributed by atoms with Gasteiger partial charge in [0, 0.05) is 0 Å². The van der Waals surface area contributed by atoms with Gasteiger partial charge in [-0.25, -0.2) is 0 Å². The van der Waals surface area contributed by atoms with Crippen LogP contribution < -0.4 is 18.9 Å². The molecule has 2 rings (SSSR count). The first kappa shape index (κ1) is 18.9. The van der Waals surface area contributed by atoms with Crippen molar-refractivity contribution in [3.05, 3.63) is 65.0 Å². The van der Waals surface area contributed by atoms with Crippen LogP contribution in [0.1, 0.15) is 52.7 Å². The van der Waals surface area contributed by atoms with Crippen molar-refractivity contribution < 1.29 is 18.9 Å². The molecule has 0 aliphatic heterocycles. The number of nitrogens with zero attached hydrogens (tertiary/aromatic N) is 1. The van der Waals surface area contributed by atoms with Gasteiger partial charge >= 0.3 is 18.9 Å². The summed E-state index contributed by atoms with van der Waals surface area (Å²) in [7, 11) is 0. The second-order valence-corrected chi connectivity index (χ2v) is 7.65. The van der Waals surface area contributed by atoms with Crippen LogP contribution in [0.2, 0.25) is 0 Å². The summed E-state index contributed by atoms with van der Waals surface area (Å²) in [5, 5.41) is 4.97. The molecule has 0 unspecified atom stereocenters. The predicted molar refractivity (Wildman–Crippen MR) is 93.0 cm³/mol. The molecule has 2 aromatic rings. The standard InChI is InChI=1S/C20H26N.Li/c1-19(2,3)15-11-7-9-13-17(15)21-18-14-10-8-12-16(18)20(4,5)6;/h7-14H,1-6H3;/q-1;+1. The molecule has 0 N–H and O–H groups in total. The predicted octanol–water partition coefficient (Wildman–Crippen LogP) is 3.62. The molecule has 2 heteroatoms. The van der Waals surface area contributed by atoms with Crippen molar-refractivity contribution >= 4 is 11.4 Å². The van der Waals surface area contributed by atoms with E-state index in [1.165, 1.54) is 11.1 Å². The molecule has 0 aromatic heterocycles. The Bertz CT molecular complexity index is 563. The molecule has 0 heterocycles. The first-order valence-electron chi connectivity index (χ1n) is 7.60. The molecule has 0 radical (unpaired) electrons. The molecule has 0 aliphatic carbocycles. The molecule has 0 saturated carbocycles. The van der Waals surface area contributed by atoms with Crippen molar-refractivity contribution in [2.45, 2.75) is 52.4 Å². The topological polar surface area (TPSA) is 14.1 Å². The van der Waals surface area contributed by atoms with Gasteiger partial charge < -0.3 is 5.32 Å². The summed E-state index contributed by atoms with van der Waals surface area (Å²) in [6.07, 6.45) is 0. The van der Waals surface area contributed by atoms with Gasteiger partial charge in [-0.15, -0.1) is 11.4 Å². The molecule has 2 aromatic carbocycles. The van der Waals surface area contributed by atoms with E-state index in [0.29, 0.717) is 0 Å². The van der Waals surface area contributed by atoms with Gasteiger partial charge in [0.05, 0.1) is 0 Å². The number of hydrogen-bond acceptors (Lipinski definition) is 0. The van der Waals surface area contributed by atoms with E-state index in [-0.39, 0.29) is 29.7 Å². The summed E-state index contributed by atoms with van der Waals surface area (Å²) in [4.78, 5) is 0. The first-order valence-corrected chi connectivity index (χ1v) is 7.60. The Hall–Kier alpha value is -1.16. The van der Waals surface area contributed by atoms with Crippen molar-refractivity contribution in [1.29, 1.82) is 0 Å². The van der Waals surface area contributed by atoms with E-state index in [1.807, 2.05) is 0 Å². The minimum atomic E-state index is 0. The third-order valence-corrected chi connectivity index (χ3v) is 3.67. The summed E-state index contributed by atoms with van der Waals surface area (Å²) in [5.74, 6) is 0. The third kappa shape index (κ3) is 4.42. The zero-order valence-corrected chi connectivity index (χ0v) is 15.1. The fourth-order valence-corrected chi connectivity index (χ4v) is 2.54. The van der Waals surface area contributed by atoms with Crippen LogP contribution in [0.15, 0.2) is 48.5 Å². The maximum absolute atomic E-state index is 4.97. The minimum absolute atomic E-state index is 0. The van der Waals surface area contributed by atoms with Gasteiger partial charge in [-0.2, -0.15) is 0 Å². The van der Waals surface area contributed by atoms with E-state index >= 15 is 0 Å². The molecule has 1 nitrogen and oxygen atoms in total. The Morgan fingerprint density at radius 3 is 1.23 bits per heavy atom. The summed E-state index contributed by atoms with van der Waals surface area (Å²) in [6.45, 7) is 13.4. The largest absolute Gasteiger partial charge is 1.00 e. The van der Waals surface area contributed by atoms with Crippen LogP contribution in [0.5, 0.6) is 0 Å². The Kier molecular flexibility index (Phi) is 5.96. The van der Waals surface area contributed by atoms with E-state index in [1.54, 1.807) is 0 Å². The molecular weight excluding hydrogens is 261 g/mol. The SMILES string of the molecule is CC(C)(C)c1ccccc1[N-]c1ccccc1C(C)(C)C.[Li+]. The summed E-state index contributed by atoms with van der Waals surface area (Å²) in [5.41, 5.74) is 4.90. The summed E-state index contributed by atoms with van der Waals surface area (Å²) < 4.78 is 0. The molecule has 0 bridgehead atoms. The van der Waals surface area contributed by atoms with Crippen LogP contribution in [0.25, 0.3) is 5.32 Å². The molecule has 22 heavy (non-hydrogen) atoms. The molecule has 0 spiro atoms. The maximum Gasteiger partial charge on any atom is 1.00 e. The van der Waals surface area contributed by atoms with Crippen LogP contribution in [0.4, 0.5) is 11.4 Å². The van der Waals surface area contributed by atoms with Gasteiger partial charge in [-0.3, -0.25) is 0 Å². The van der Waals surface area contributed by atoms with Gasteiger partial charge in [0.15, 0.2) is 0 Å². The molecule has 0 amide bonds. The van der Waals surface area contributed by atoms with Gasteiger partial charge in [0.2, 0.25) is 0 Å². The van der Waals surface area contributed by atoms with Gasteiger partial charge in [-0.1, -0.05) is 101 Å². The third-order valence-electron chi connectivity index (χ3n) is 3.67. The van der Waals surface area contributed by atoms with Gasteiger partial charge in [0.25, 0.3) is 0 Å². The van der Waals surface area contributed by atoms with Crippen molar-refractivity contribution in [3.8, 4) is 0 Å². The Morgan fingerprint density at radius 2 is 0.909 bits per heavy atom. The van der Waals surface area contributed by atoms with Crippen molar-refractivity contribution in [2.75, 3.05) is 0 Å². The fourth-order valence-electron chi connectivity index (χ4n) is 2.54. The zero-order chi connectivity index (χ0) is 15.7. The van der Waals surface area contributed by atoms with Crippen LogP contribution in [-0.2, 0) is 10.8 Å². The van der Waals surface area contributed by atoms with Crippen LogP contribution in [-0.4, -0.2) is 0 Å². The van der Waals surface area contributed by atoms with Crippen molar-refractivity contribution in [2.24, 2.45) is 0 Å². The summed E-state index contributed by atoms with van der Waals surface area (Å²) in [6, 6.07) is 16.9. The molecule has 0 saturated heterocycles. The van der Waals surface area contributed by atoms with Gasteiger partial charge in [0.1, 0.15) is 0 Å². The number of para-hydroxylation sites is 2. The van der Waals surface area contributed by atoms with E-state index in [2.05, 4.69) is 90.1 Å². The monoisotopic (exact) mass is 287 g/mol. The average Bonchev–Trinajstić information content (AvgIpc) is 2.37. The average molecular weight is 287 g/mol. The van der Waals surface area contributed by atoms with Crippen LogP contribution in [0, 0.1) is 0 Å². The first-order chi connectivity index (χ1) is 9.69. The Morgan fingerprint density at radius 1 is 0.591 bits per heavy atom. The smallest absolute Gasteiger partial charge is 0.657 e. The molecule has 0 fully saturated rings. The maximum atomic E-state index is 4.97. The van der Waals surface area contributed by atoms with E-state index < -0.39 is 0 Å². The summed E-state index contributed by atoms with van der Waals surface area (Å²) >= 11 is 0. The van der Waals surface area contributed by atoms with Crippen LogP contribution >= 0.6 is 0 Å². The Labute approximate surface area is 147 Å². The fraction of sp³-hybridized carbons (Fsp3) is 0.400. The number of benzene rings is 2. The molecule has 112 valence electrons. The normalized spacial score (nSPS) is 11.7. The van der Waals surface area contributed by atoms with Crippen LogP contribution in [0.3, 0.4) is 0 Å². The van der Waals surface area contributed by atoms with E-state index in [4.69, 9.17) is 5.32 Å². The van der Waals surface area contributed by atoms with Crippen molar-refractivity contribution in [3.63, 3.8) is 0 Å².